The van der Waals surface area contributed by atoms with E-state index in [1.54, 1.807) is 43.5 Å². The number of carbonyl (C=O) groups is 2. The fourth-order valence-corrected chi connectivity index (χ4v) is 3.30. The summed E-state index contributed by atoms with van der Waals surface area (Å²) in [4.78, 5) is 24.3. The van der Waals surface area contributed by atoms with Gasteiger partial charge < -0.3 is 28.7 Å². The lowest BCUT2D eigenvalue weighted by molar-refractivity contribution is 0.00860. The number of rotatable bonds is 5. The molecule has 4 atom stereocenters. The van der Waals surface area contributed by atoms with Crippen LogP contribution in [0.15, 0.2) is 47.1 Å². The average molecular weight is 388 g/mol. The van der Waals surface area contributed by atoms with Gasteiger partial charge >= 0.3 is 6.09 Å². The Hall–Kier alpha value is -3.04. The second-order valence-corrected chi connectivity index (χ2v) is 6.45. The Morgan fingerprint density at radius 2 is 1.86 bits per heavy atom. The van der Waals surface area contributed by atoms with Gasteiger partial charge in [0.25, 0.3) is 5.91 Å². The fraction of sp³-hybridized carbons (Fsp3) is 0.368. The van der Waals surface area contributed by atoms with Crippen LogP contribution in [-0.2, 0) is 14.2 Å². The van der Waals surface area contributed by atoms with Crippen LogP contribution in [0.3, 0.4) is 0 Å². The summed E-state index contributed by atoms with van der Waals surface area (Å²) in [6.07, 6.45) is -0.568. The lowest BCUT2D eigenvalue weighted by atomic mass is 10.1. The maximum Gasteiger partial charge on any atom is 0.412 e. The number of benzene rings is 1. The van der Waals surface area contributed by atoms with Crippen molar-refractivity contribution in [1.82, 2.24) is 5.32 Å². The van der Waals surface area contributed by atoms with Crippen LogP contribution in [0.25, 0.3) is 0 Å². The number of anilines is 1. The van der Waals surface area contributed by atoms with Crippen molar-refractivity contribution in [2.45, 2.75) is 24.4 Å². The number of fused-ring (bicyclic) bond motifs is 1. The molecule has 1 aromatic carbocycles. The van der Waals surface area contributed by atoms with Gasteiger partial charge in [-0.25, -0.2) is 4.79 Å². The monoisotopic (exact) mass is 388 g/mol. The van der Waals surface area contributed by atoms with Gasteiger partial charge in [-0.1, -0.05) is 0 Å². The van der Waals surface area contributed by atoms with Crippen LogP contribution in [-0.4, -0.2) is 56.7 Å². The van der Waals surface area contributed by atoms with Crippen molar-refractivity contribution in [2.24, 2.45) is 0 Å². The maximum atomic E-state index is 12.2. The molecule has 2 N–H and O–H groups in total. The SMILES string of the molecule is COc1ccc(NC(=O)OC2COC3C(NC(=O)c4ccco4)COC23)cc1. The molecule has 1 aromatic heterocycles. The molecule has 4 rings (SSSR count). The van der Waals surface area contributed by atoms with Crippen LogP contribution in [0.5, 0.6) is 5.75 Å². The van der Waals surface area contributed by atoms with Gasteiger partial charge in [0.05, 0.1) is 32.6 Å². The minimum atomic E-state index is -0.605. The van der Waals surface area contributed by atoms with Crippen LogP contribution >= 0.6 is 0 Å². The molecule has 28 heavy (non-hydrogen) atoms. The van der Waals surface area contributed by atoms with Gasteiger partial charge in [0, 0.05) is 5.69 Å². The Kier molecular flexibility index (Phi) is 5.18. The van der Waals surface area contributed by atoms with Crippen LogP contribution in [0.4, 0.5) is 10.5 Å². The Morgan fingerprint density at radius 3 is 2.57 bits per heavy atom. The van der Waals surface area contributed by atoms with Gasteiger partial charge in [-0.2, -0.15) is 0 Å². The molecule has 2 saturated heterocycles. The first-order valence-electron chi connectivity index (χ1n) is 8.83. The molecule has 0 spiro atoms. The molecule has 2 amide bonds. The average Bonchev–Trinajstić information content (AvgIpc) is 3.43. The number of methoxy groups -OCH3 is 1. The van der Waals surface area contributed by atoms with Crippen molar-refractivity contribution < 1.29 is 33.0 Å². The summed E-state index contributed by atoms with van der Waals surface area (Å²) in [5.74, 6) is 0.561. The van der Waals surface area contributed by atoms with Crippen molar-refractivity contribution in [1.29, 1.82) is 0 Å². The molecule has 0 bridgehead atoms. The second-order valence-electron chi connectivity index (χ2n) is 6.45. The predicted octanol–water partition coefficient (Wildman–Crippen LogP) is 1.80. The molecule has 2 fully saturated rings. The molecule has 2 aliphatic heterocycles. The van der Waals surface area contributed by atoms with Crippen LogP contribution < -0.4 is 15.4 Å². The van der Waals surface area contributed by atoms with Crippen LogP contribution in [0, 0.1) is 0 Å². The predicted molar refractivity (Wildman–Crippen MR) is 96.3 cm³/mol. The lowest BCUT2D eigenvalue weighted by Crippen LogP contribution is -2.44. The highest BCUT2D eigenvalue weighted by Crippen LogP contribution is 2.29. The zero-order valence-electron chi connectivity index (χ0n) is 15.1. The molecular formula is C19H20N2O7. The van der Waals surface area contributed by atoms with E-state index >= 15 is 0 Å². The minimum absolute atomic E-state index is 0.193. The van der Waals surface area contributed by atoms with Gasteiger partial charge in [0.15, 0.2) is 11.9 Å². The largest absolute Gasteiger partial charge is 0.497 e. The van der Waals surface area contributed by atoms with E-state index in [0.29, 0.717) is 11.4 Å². The third-order valence-corrected chi connectivity index (χ3v) is 4.66. The van der Waals surface area contributed by atoms with Crippen LogP contribution in [0.1, 0.15) is 10.6 Å². The number of hydrogen-bond acceptors (Lipinski definition) is 7. The zero-order valence-corrected chi connectivity index (χ0v) is 15.1. The highest BCUT2D eigenvalue weighted by molar-refractivity contribution is 5.91. The second kappa shape index (κ2) is 7.91. The minimum Gasteiger partial charge on any atom is -0.497 e. The van der Waals surface area contributed by atoms with E-state index in [4.69, 9.17) is 23.4 Å². The highest BCUT2D eigenvalue weighted by Gasteiger charge is 2.50. The number of furan rings is 1. The smallest absolute Gasteiger partial charge is 0.412 e. The van der Waals surface area contributed by atoms with Crippen molar-refractivity contribution in [2.75, 3.05) is 25.6 Å². The lowest BCUT2D eigenvalue weighted by Gasteiger charge is -2.17. The third kappa shape index (κ3) is 3.80. The maximum absolute atomic E-state index is 12.2. The van der Waals surface area contributed by atoms with Crippen molar-refractivity contribution in [3.63, 3.8) is 0 Å². The molecule has 2 aromatic rings. The molecule has 9 heteroatoms. The van der Waals surface area contributed by atoms with E-state index in [1.807, 2.05) is 0 Å². The standard InChI is InChI=1S/C19H20N2O7/c1-24-12-6-4-11(5-7-12)20-19(23)28-15-10-27-16-13(9-26-17(15)16)21-18(22)14-3-2-8-25-14/h2-8,13,15-17H,9-10H2,1H3,(H,20,23)(H,21,22). The molecule has 0 aliphatic carbocycles. The molecule has 148 valence electrons. The number of ether oxygens (including phenoxy) is 4. The normalized spacial score (nSPS) is 25.8. The van der Waals surface area contributed by atoms with Gasteiger partial charge in [0.1, 0.15) is 18.0 Å². The molecule has 9 nitrogen and oxygen atoms in total. The summed E-state index contributed by atoms with van der Waals surface area (Å²) in [6.45, 7) is 0.459. The summed E-state index contributed by atoms with van der Waals surface area (Å²) in [5, 5.41) is 5.48. The van der Waals surface area contributed by atoms with E-state index < -0.39 is 24.4 Å². The van der Waals surface area contributed by atoms with E-state index in [2.05, 4.69) is 10.6 Å². The summed E-state index contributed by atoms with van der Waals surface area (Å²) in [5.41, 5.74) is 0.581. The van der Waals surface area contributed by atoms with Gasteiger partial charge in [0.2, 0.25) is 0 Å². The van der Waals surface area contributed by atoms with Gasteiger partial charge in [-0.15, -0.1) is 0 Å². The number of carbonyl (C=O) groups excluding carboxylic acids is 2. The molecule has 0 radical (unpaired) electrons. The summed E-state index contributed by atoms with van der Waals surface area (Å²) in [6, 6.07) is 9.75. The van der Waals surface area contributed by atoms with E-state index in [9.17, 15) is 9.59 Å². The molecular weight excluding hydrogens is 368 g/mol. The molecule has 0 saturated carbocycles. The van der Waals surface area contributed by atoms with Crippen molar-refractivity contribution in [3.05, 3.63) is 48.4 Å². The number of nitrogens with one attached hydrogen (secondary N) is 2. The first kappa shape index (κ1) is 18.3. The van der Waals surface area contributed by atoms with Crippen LogP contribution in [0.2, 0.25) is 0 Å². The Bertz CT molecular complexity index is 821. The number of hydrogen-bond donors (Lipinski definition) is 2. The van der Waals surface area contributed by atoms with E-state index in [1.165, 1.54) is 6.26 Å². The van der Waals surface area contributed by atoms with Gasteiger partial charge in [-0.3, -0.25) is 10.1 Å². The first-order valence-corrected chi connectivity index (χ1v) is 8.83. The van der Waals surface area contributed by atoms with E-state index in [-0.39, 0.29) is 30.9 Å². The summed E-state index contributed by atoms with van der Waals surface area (Å²) in [7, 11) is 1.57. The highest BCUT2D eigenvalue weighted by atomic mass is 16.6. The Labute approximate surface area is 160 Å². The third-order valence-electron chi connectivity index (χ3n) is 4.66. The topological polar surface area (TPSA) is 108 Å². The van der Waals surface area contributed by atoms with Gasteiger partial charge in [-0.05, 0) is 36.4 Å². The van der Waals surface area contributed by atoms with E-state index in [0.717, 1.165) is 0 Å². The Morgan fingerprint density at radius 1 is 1.07 bits per heavy atom. The molecule has 3 heterocycles. The number of amides is 2. The summed E-state index contributed by atoms with van der Waals surface area (Å²) >= 11 is 0. The Balaban J connectivity index is 1.30. The quantitative estimate of drug-likeness (QED) is 0.804. The molecule has 2 aliphatic rings. The zero-order chi connectivity index (χ0) is 19.5. The van der Waals surface area contributed by atoms with Crippen molar-refractivity contribution in [3.8, 4) is 5.75 Å². The first-order chi connectivity index (χ1) is 13.6. The summed E-state index contributed by atoms with van der Waals surface area (Å²) < 4.78 is 27.0. The van der Waals surface area contributed by atoms with Crippen molar-refractivity contribution >= 4 is 17.7 Å². The fourth-order valence-electron chi connectivity index (χ4n) is 3.30. The molecule has 4 unspecified atom stereocenters.